The number of carbonyl (C=O) groups is 1. The molecule has 0 saturated heterocycles. The third-order valence-corrected chi connectivity index (χ3v) is 3.53. The average Bonchev–Trinajstić information content (AvgIpc) is 2.49. The monoisotopic (exact) mass is 438 g/mol. The highest BCUT2D eigenvalue weighted by Gasteiger charge is 2.38. The first kappa shape index (κ1) is 19.3. The maximum absolute atomic E-state index is 10.6. The minimum absolute atomic E-state index is 0.711. The van der Waals surface area contributed by atoms with Gasteiger partial charge in [-0.05, 0) is 58.8 Å². The Hall–Kier alpha value is -1.77. The Morgan fingerprint density at radius 3 is 2.09 bits per heavy atom. The van der Waals surface area contributed by atoms with Crippen LogP contribution in [-0.2, 0) is 4.79 Å². The summed E-state index contributed by atoms with van der Waals surface area (Å²) < 4.78 is 38.4. The molecule has 0 saturated carbocycles. The number of alkyl halides is 3. The minimum atomic E-state index is -5.08. The zero-order valence-electron chi connectivity index (χ0n) is 12.1. The molecule has 3 nitrogen and oxygen atoms in total. The van der Waals surface area contributed by atoms with Crippen molar-refractivity contribution < 1.29 is 27.8 Å². The molecule has 0 fully saturated rings. The Morgan fingerprint density at radius 1 is 1.13 bits per heavy atom. The van der Waals surface area contributed by atoms with E-state index >= 15 is 0 Å². The van der Waals surface area contributed by atoms with Crippen molar-refractivity contribution in [3.05, 3.63) is 52.1 Å². The maximum Gasteiger partial charge on any atom is 0.490 e. The van der Waals surface area contributed by atoms with Gasteiger partial charge in [0.25, 0.3) is 0 Å². The average molecular weight is 438 g/mol. The van der Waals surface area contributed by atoms with Crippen LogP contribution in [0.2, 0.25) is 0 Å². The molecule has 23 heavy (non-hydrogen) atoms. The molecule has 0 spiro atoms. The van der Waals surface area contributed by atoms with Gasteiger partial charge in [0.2, 0.25) is 0 Å². The second-order valence-electron chi connectivity index (χ2n) is 4.24. The van der Waals surface area contributed by atoms with Gasteiger partial charge in [-0.15, -0.1) is 0 Å². The molecular formula is C16H14F3IO3. The molecule has 0 bridgehead atoms. The van der Waals surface area contributed by atoms with Crippen LogP contribution >= 0.6 is 22.6 Å². The van der Waals surface area contributed by atoms with Crippen LogP contribution in [0.5, 0.6) is 5.75 Å². The number of hydrogen-bond donors (Lipinski definition) is 1. The van der Waals surface area contributed by atoms with E-state index in [1.54, 1.807) is 0 Å². The summed E-state index contributed by atoms with van der Waals surface area (Å²) >= 11 is 2.36. The largest absolute Gasteiger partial charge is 0.494 e. The van der Waals surface area contributed by atoms with Crippen LogP contribution in [0.1, 0.15) is 6.92 Å². The van der Waals surface area contributed by atoms with E-state index < -0.39 is 12.1 Å². The second-order valence-corrected chi connectivity index (χ2v) is 5.40. The van der Waals surface area contributed by atoms with Crippen LogP contribution in [0.15, 0.2) is 48.5 Å². The highest BCUT2D eigenvalue weighted by Crippen LogP contribution is 2.26. The molecule has 0 heterocycles. The third-order valence-electron chi connectivity index (χ3n) is 2.59. The van der Waals surface area contributed by atoms with Crippen molar-refractivity contribution >= 4 is 28.6 Å². The number of halogens is 4. The summed E-state index contributed by atoms with van der Waals surface area (Å²) in [5, 5.41) is 7.12. The van der Waals surface area contributed by atoms with Gasteiger partial charge < -0.3 is 9.84 Å². The Labute approximate surface area is 145 Å². The van der Waals surface area contributed by atoms with Gasteiger partial charge in [0.15, 0.2) is 0 Å². The smallest absolute Gasteiger partial charge is 0.490 e. The minimum Gasteiger partial charge on any atom is -0.494 e. The normalized spacial score (nSPS) is 10.5. The first-order valence-electron chi connectivity index (χ1n) is 6.53. The third kappa shape index (κ3) is 6.47. The Kier molecular flexibility index (Phi) is 7.34. The van der Waals surface area contributed by atoms with E-state index in [2.05, 4.69) is 59.0 Å². The van der Waals surface area contributed by atoms with Gasteiger partial charge in [-0.3, -0.25) is 0 Å². The quantitative estimate of drug-likeness (QED) is 0.688. The lowest BCUT2D eigenvalue weighted by atomic mass is 10.1. The number of rotatable bonds is 3. The predicted octanol–water partition coefficient (Wildman–Crippen LogP) is 4.99. The molecule has 0 aromatic heterocycles. The van der Waals surface area contributed by atoms with E-state index in [0.29, 0.717) is 6.61 Å². The fourth-order valence-electron chi connectivity index (χ4n) is 1.59. The van der Waals surface area contributed by atoms with Gasteiger partial charge in [0.1, 0.15) is 5.75 Å². The van der Waals surface area contributed by atoms with Crippen LogP contribution in [0.4, 0.5) is 13.2 Å². The van der Waals surface area contributed by atoms with Crippen molar-refractivity contribution in [1.29, 1.82) is 0 Å². The van der Waals surface area contributed by atoms with Gasteiger partial charge in [-0.25, -0.2) is 4.79 Å². The predicted molar refractivity (Wildman–Crippen MR) is 89.5 cm³/mol. The van der Waals surface area contributed by atoms with Crippen molar-refractivity contribution in [1.82, 2.24) is 0 Å². The van der Waals surface area contributed by atoms with E-state index in [-0.39, 0.29) is 0 Å². The molecule has 0 aliphatic carbocycles. The zero-order chi connectivity index (χ0) is 17.5. The summed E-state index contributed by atoms with van der Waals surface area (Å²) in [7, 11) is 0. The molecule has 0 radical (unpaired) electrons. The summed E-state index contributed by atoms with van der Waals surface area (Å²) in [6.07, 6.45) is -5.08. The van der Waals surface area contributed by atoms with Crippen LogP contribution in [0.25, 0.3) is 11.1 Å². The summed E-state index contributed by atoms with van der Waals surface area (Å²) in [5.41, 5.74) is 2.50. The Bertz CT molecular complexity index is 640. The van der Waals surface area contributed by atoms with Crippen molar-refractivity contribution in [2.75, 3.05) is 6.61 Å². The van der Waals surface area contributed by atoms with Gasteiger partial charge in [0.05, 0.1) is 6.61 Å². The number of carboxylic acids is 1. The van der Waals surface area contributed by atoms with Crippen molar-refractivity contribution in [3.8, 4) is 16.9 Å². The summed E-state index contributed by atoms with van der Waals surface area (Å²) in [4.78, 5) is 8.90. The fraction of sp³-hybridized carbons (Fsp3) is 0.188. The van der Waals surface area contributed by atoms with Crippen LogP contribution < -0.4 is 4.74 Å². The number of benzene rings is 2. The highest BCUT2D eigenvalue weighted by molar-refractivity contribution is 14.1. The number of ether oxygens (including phenoxy) is 1. The summed E-state index contributed by atoms with van der Waals surface area (Å²) in [6, 6.07) is 16.6. The molecule has 124 valence electrons. The van der Waals surface area contributed by atoms with E-state index in [0.717, 1.165) is 5.75 Å². The molecule has 0 atom stereocenters. The van der Waals surface area contributed by atoms with Crippen molar-refractivity contribution in [2.24, 2.45) is 0 Å². The Morgan fingerprint density at radius 2 is 1.65 bits per heavy atom. The second kappa shape index (κ2) is 8.76. The first-order valence-corrected chi connectivity index (χ1v) is 7.61. The first-order chi connectivity index (χ1) is 10.8. The van der Waals surface area contributed by atoms with Gasteiger partial charge in [-0.1, -0.05) is 30.3 Å². The molecule has 0 unspecified atom stereocenters. The molecule has 2 aromatic rings. The fourth-order valence-corrected chi connectivity index (χ4v) is 2.29. The topological polar surface area (TPSA) is 46.5 Å². The van der Waals surface area contributed by atoms with E-state index in [1.807, 2.05) is 19.1 Å². The molecule has 7 heteroatoms. The molecule has 2 aromatic carbocycles. The lowest BCUT2D eigenvalue weighted by Crippen LogP contribution is -2.21. The van der Waals surface area contributed by atoms with Gasteiger partial charge in [-0.2, -0.15) is 13.2 Å². The van der Waals surface area contributed by atoms with Gasteiger partial charge in [0, 0.05) is 3.57 Å². The Balaban J connectivity index is 0.000000322. The molecule has 0 aliphatic heterocycles. The number of hydrogen-bond acceptors (Lipinski definition) is 2. The molecule has 1 N–H and O–H groups in total. The lowest BCUT2D eigenvalue weighted by molar-refractivity contribution is -0.192. The van der Waals surface area contributed by atoms with Crippen LogP contribution in [-0.4, -0.2) is 23.9 Å². The van der Waals surface area contributed by atoms with Crippen molar-refractivity contribution in [3.63, 3.8) is 0 Å². The molecular weight excluding hydrogens is 424 g/mol. The molecule has 2 rings (SSSR count). The van der Waals surface area contributed by atoms with Gasteiger partial charge >= 0.3 is 12.1 Å². The zero-order valence-corrected chi connectivity index (χ0v) is 14.3. The van der Waals surface area contributed by atoms with E-state index in [1.165, 1.54) is 14.7 Å². The number of aliphatic carboxylic acids is 1. The summed E-state index contributed by atoms with van der Waals surface area (Å²) in [5.74, 6) is -1.83. The number of carboxylic acid groups (broad SMARTS) is 1. The van der Waals surface area contributed by atoms with Crippen molar-refractivity contribution in [2.45, 2.75) is 13.1 Å². The maximum atomic E-state index is 10.6. The lowest BCUT2D eigenvalue weighted by Gasteiger charge is -2.06. The van der Waals surface area contributed by atoms with Crippen LogP contribution in [0.3, 0.4) is 0 Å². The molecule has 0 aliphatic rings. The summed E-state index contributed by atoms with van der Waals surface area (Å²) in [6.45, 7) is 2.70. The van der Waals surface area contributed by atoms with Crippen LogP contribution in [0, 0.1) is 3.57 Å². The SMILES string of the molecule is CCOc1ccc(-c2ccccc2I)cc1.O=C(O)C(F)(F)F. The molecule has 0 amide bonds. The van der Waals surface area contributed by atoms with E-state index in [9.17, 15) is 13.2 Å². The van der Waals surface area contributed by atoms with E-state index in [4.69, 9.17) is 14.6 Å². The highest BCUT2D eigenvalue weighted by atomic mass is 127. The standard InChI is InChI=1S/C14H13IO.C2HF3O2/c1-2-16-12-9-7-11(8-10-12)13-5-3-4-6-14(13)15;3-2(4,5)1(6)7/h3-10H,2H2,1H3;(H,6,7).